The Kier molecular flexibility index (Phi) is 5.57. The summed E-state index contributed by atoms with van der Waals surface area (Å²) in [5.74, 6) is 1.42. The maximum Gasteiger partial charge on any atom is 0.305 e. The van der Waals surface area contributed by atoms with Crippen molar-refractivity contribution < 1.29 is 24.9 Å². The fraction of sp³-hybridized carbons (Fsp3) is 0.958. The van der Waals surface area contributed by atoms with Gasteiger partial charge in [-0.05, 0) is 91.3 Å². The van der Waals surface area contributed by atoms with Crippen molar-refractivity contribution >= 4 is 5.97 Å². The molecule has 4 aliphatic rings. The summed E-state index contributed by atoms with van der Waals surface area (Å²) in [5.41, 5.74) is -0.159. The van der Waals surface area contributed by atoms with Gasteiger partial charge in [-0.15, -0.1) is 0 Å². The van der Waals surface area contributed by atoms with E-state index in [2.05, 4.69) is 20.8 Å². The van der Waals surface area contributed by atoms with E-state index < -0.39 is 6.10 Å². The third-order valence-electron chi connectivity index (χ3n) is 10.2. The van der Waals surface area contributed by atoms with Gasteiger partial charge in [0.2, 0.25) is 0 Å². The van der Waals surface area contributed by atoms with Gasteiger partial charge in [-0.1, -0.05) is 20.8 Å². The van der Waals surface area contributed by atoms with Gasteiger partial charge in [0.1, 0.15) is 0 Å². The lowest BCUT2D eigenvalue weighted by Crippen LogP contribution is -2.62. The Labute approximate surface area is 175 Å². The molecule has 0 aromatic heterocycles. The van der Waals surface area contributed by atoms with Crippen LogP contribution in [0.25, 0.3) is 0 Å². The summed E-state index contributed by atoms with van der Waals surface area (Å²) in [7, 11) is 1.44. The SMILES string of the molecule is COC(=O)C[C@@H](C)[C@H]1CC[C@H]2[C@@H]3[C@H](O)C[C@H]4C[C@@H](O)CC[C@]4(C)[C@H]3C[C@H](O)[C@]12C. The minimum absolute atomic E-state index is 0.0984. The Bertz CT molecular complexity index is 637. The van der Waals surface area contributed by atoms with Crippen molar-refractivity contribution in [2.24, 2.45) is 46.3 Å². The summed E-state index contributed by atoms with van der Waals surface area (Å²) in [6.07, 6.45) is 5.54. The number of ether oxygens (including phenoxy) is 1. The molecule has 5 heteroatoms. The predicted octanol–water partition coefficient (Wildman–Crippen LogP) is 3.15. The second kappa shape index (κ2) is 7.49. The van der Waals surface area contributed by atoms with E-state index in [1.54, 1.807) is 0 Å². The summed E-state index contributed by atoms with van der Waals surface area (Å²) < 4.78 is 4.90. The van der Waals surface area contributed by atoms with Gasteiger partial charge in [0.25, 0.3) is 0 Å². The second-order valence-corrected chi connectivity index (χ2v) is 11.3. The fourth-order valence-corrected chi connectivity index (χ4v) is 8.62. The number of hydrogen-bond donors (Lipinski definition) is 3. The zero-order valence-electron chi connectivity index (χ0n) is 18.5. The molecule has 0 aromatic rings. The van der Waals surface area contributed by atoms with Crippen molar-refractivity contribution in [2.45, 2.75) is 90.4 Å². The molecule has 11 atom stereocenters. The number of aliphatic hydroxyl groups excluding tert-OH is 3. The molecule has 0 aliphatic heterocycles. The average molecular weight is 409 g/mol. The molecule has 0 bridgehead atoms. The van der Waals surface area contributed by atoms with E-state index >= 15 is 0 Å². The van der Waals surface area contributed by atoms with Crippen LogP contribution in [0.2, 0.25) is 0 Å². The van der Waals surface area contributed by atoms with E-state index in [9.17, 15) is 20.1 Å². The molecule has 0 unspecified atom stereocenters. The van der Waals surface area contributed by atoms with Crippen LogP contribution >= 0.6 is 0 Å². The number of esters is 1. The molecule has 0 aromatic carbocycles. The molecule has 0 amide bonds. The smallest absolute Gasteiger partial charge is 0.305 e. The largest absolute Gasteiger partial charge is 0.469 e. The quantitative estimate of drug-likeness (QED) is 0.625. The standard InChI is InChI=1S/C24H40O5/c1-13(9-21(28)29-4)16-5-6-17-22-18(12-20(27)24(16,17)3)23(2)8-7-15(25)10-14(23)11-19(22)26/h13-20,22,25-27H,5-12H2,1-4H3/t13-,14-,15+,16-,17+,18+,19-,20+,22+,23+,24-/m1/s1. The van der Waals surface area contributed by atoms with Gasteiger partial charge in [0.15, 0.2) is 0 Å². The summed E-state index contributed by atoms with van der Waals surface area (Å²) in [4.78, 5) is 11.9. The maximum absolute atomic E-state index is 11.9. The number of rotatable bonds is 3. The van der Waals surface area contributed by atoms with Gasteiger partial charge in [0, 0.05) is 6.42 Å². The molecule has 4 rings (SSSR count). The highest BCUT2D eigenvalue weighted by Crippen LogP contribution is 2.68. The highest BCUT2D eigenvalue weighted by atomic mass is 16.5. The van der Waals surface area contributed by atoms with Crippen molar-refractivity contribution in [3.63, 3.8) is 0 Å². The van der Waals surface area contributed by atoms with Crippen LogP contribution in [0.1, 0.15) is 72.1 Å². The van der Waals surface area contributed by atoms with Crippen molar-refractivity contribution in [3.05, 3.63) is 0 Å². The van der Waals surface area contributed by atoms with E-state index in [-0.39, 0.29) is 46.8 Å². The summed E-state index contributed by atoms with van der Waals surface area (Å²) in [6.45, 7) is 6.69. The van der Waals surface area contributed by atoms with Gasteiger partial charge in [-0.3, -0.25) is 4.79 Å². The first-order valence-corrected chi connectivity index (χ1v) is 11.7. The number of carbonyl (C=O) groups excluding carboxylic acids is 1. The first-order valence-electron chi connectivity index (χ1n) is 11.7. The molecule has 0 radical (unpaired) electrons. The molecule has 3 N–H and O–H groups in total. The van der Waals surface area contributed by atoms with Crippen molar-refractivity contribution in [3.8, 4) is 0 Å². The lowest BCUT2D eigenvalue weighted by Gasteiger charge is -2.63. The van der Waals surface area contributed by atoms with E-state index in [1.165, 1.54) is 7.11 Å². The predicted molar refractivity (Wildman–Crippen MR) is 110 cm³/mol. The minimum Gasteiger partial charge on any atom is -0.469 e. The van der Waals surface area contributed by atoms with E-state index in [4.69, 9.17) is 4.74 Å². The number of carbonyl (C=O) groups is 1. The molecule has 5 nitrogen and oxygen atoms in total. The Morgan fingerprint density at radius 3 is 2.48 bits per heavy atom. The third kappa shape index (κ3) is 3.18. The summed E-state index contributed by atoms with van der Waals surface area (Å²) >= 11 is 0. The Morgan fingerprint density at radius 1 is 1.07 bits per heavy atom. The number of hydrogen-bond acceptors (Lipinski definition) is 5. The Hall–Kier alpha value is -0.650. The Balaban J connectivity index is 1.62. The highest BCUT2D eigenvalue weighted by Gasteiger charge is 2.65. The first kappa shape index (κ1) is 21.6. The van der Waals surface area contributed by atoms with Crippen LogP contribution in [0.4, 0.5) is 0 Å². The number of methoxy groups -OCH3 is 1. The molecule has 4 saturated carbocycles. The average Bonchev–Trinajstić information content (AvgIpc) is 3.02. The van der Waals surface area contributed by atoms with Gasteiger partial charge in [-0.25, -0.2) is 0 Å². The second-order valence-electron chi connectivity index (χ2n) is 11.3. The maximum atomic E-state index is 11.9. The van der Waals surface area contributed by atoms with Crippen LogP contribution in [0.5, 0.6) is 0 Å². The number of aliphatic hydroxyl groups is 3. The van der Waals surface area contributed by atoms with Crippen LogP contribution in [0, 0.1) is 46.3 Å². The van der Waals surface area contributed by atoms with E-state index in [0.29, 0.717) is 24.2 Å². The summed E-state index contributed by atoms with van der Waals surface area (Å²) in [5, 5.41) is 33.0. The molecule has 4 aliphatic carbocycles. The molecule has 0 heterocycles. The fourth-order valence-electron chi connectivity index (χ4n) is 8.62. The Morgan fingerprint density at radius 2 is 1.79 bits per heavy atom. The van der Waals surface area contributed by atoms with Crippen molar-refractivity contribution in [1.82, 2.24) is 0 Å². The molecule has 4 fully saturated rings. The van der Waals surface area contributed by atoms with Gasteiger partial charge < -0.3 is 20.1 Å². The molecule has 0 saturated heterocycles. The summed E-state index contributed by atoms with van der Waals surface area (Å²) in [6, 6.07) is 0. The number of fused-ring (bicyclic) bond motifs is 5. The molecule has 166 valence electrons. The third-order valence-corrected chi connectivity index (χ3v) is 10.2. The zero-order chi connectivity index (χ0) is 21.1. The van der Waals surface area contributed by atoms with Gasteiger partial charge in [0.05, 0.1) is 25.4 Å². The highest BCUT2D eigenvalue weighted by molar-refractivity contribution is 5.69. The van der Waals surface area contributed by atoms with Crippen molar-refractivity contribution in [1.29, 1.82) is 0 Å². The molecule has 29 heavy (non-hydrogen) atoms. The van der Waals surface area contributed by atoms with Gasteiger partial charge >= 0.3 is 5.97 Å². The zero-order valence-corrected chi connectivity index (χ0v) is 18.5. The van der Waals surface area contributed by atoms with Crippen LogP contribution in [0.15, 0.2) is 0 Å². The van der Waals surface area contributed by atoms with Crippen molar-refractivity contribution in [2.75, 3.05) is 7.11 Å². The van der Waals surface area contributed by atoms with Gasteiger partial charge in [-0.2, -0.15) is 0 Å². The normalized spacial score (nSPS) is 52.8. The van der Waals surface area contributed by atoms with Crippen LogP contribution < -0.4 is 0 Å². The molecular formula is C24H40O5. The van der Waals surface area contributed by atoms with Crippen LogP contribution in [-0.4, -0.2) is 46.7 Å². The van der Waals surface area contributed by atoms with Crippen LogP contribution in [0.3, 0.4) is 0 Å². The lowest BCUT2D eigenvalue weighted by atomic mass is 9.43. The molecular weight excluding hydrogens is 368 g/mol. The van der Waals surface area contributed by atoms with E-state index in [0.717, 1.165) is 44.9 Å². The van der Waals surface area contributed by atoms with Crippen LogP contribution in [-0.2, 0) is 9.53 Å². The van der Waals surface area contributed by atoms with E-state index in [1.807, 2.05) is 0 Å². The lowest BCUT2D eigenvalue weighted by molar-refractivity contribution is -0.207. The topological polar surface area (TPSA) is 87.0 Å². The molecule has 0 spiro atoms. The monoisotopic (exact) mass is 408 g/mol. The minimum atomic E-state index is -0.407. The first-order chi connectivity index (χ1) is 13.6.